The predicted octanol–water partition coefficient (Wildman–Crippen LogP) is 1.93. The second kappa shape index (κ2) is 7.38. The van der Waals surface area contributed by atoms with Crippen LogP contribution in [0.1, 0.15) is 35.4 Å². The van der Waals surface area contributed by atoms with Crippen molar-refractivity contribution in [2.75, 3.05) is 5.32 Å². The summed E-state index contributed by atoms with van der Waals surface area (Å²) in [5, 5.41) is 7.42. The molecule has 28 heavy (non-hydrogen) atoms. The van der Waals surface area contributed by atoms with Gasteiger partial charge in [-0.15, -0.1) is 0 Å². The molecule has 0 unspecified atom stereocenters. The van der Waals surface area contributed by atoms with Gasteiger partial charge in [0.15, 0.2) is 0 Å². The molecule has 144 valence electrons. The van der Waals surface area contributed by atoms with Crippen molar-refractivity contribution in [3.63, 3.8) is 0 Å². The quantitative estimate of drug-likeness (QED) is 0.706. The number of rotatable bonds is 5. The summed E-state index contributed by atoms with van der Waals surface area (Å²) in [6.07, 6.45) is 6.82. The van der Waals surface area contributed by atoms with Gasteiger partial charge in [0.05, 0.1) is 5.69 Å². The van der Waals surface area contributed by atoms with Crippen LogP contribution < -0.4 is 10.9 Å². The van der Waals surface area contributed by atoms with Crippen molar-refractivity contribution in [2.24, 2.45) is 7.05 Å². The van der Waals surface area contributed by atoms with E-state index in [0.29, 0.717) is 23.5 Å². The Labute approximate surface area is 162 Å². The highest BCUT2D eigenvalue weighted by atomic mass is 16.1. The smallest absolute Gasteiger partial charge is 0.254 e. The Morgan fingerprint density at radius 1 is 1.29 bits per heavy atom. The zero-order chi connectivity index (χ0) is 19.7. The lowest BCUT2D eigenvalue weighted by Gasteiger charge is -2.09. The van der Waals surface area contributed by atoms with E-state index in [-0.39, 0.29) is 17.9 Å². The number of hydrogen-bond acceptors (Lipinski definition) is 5. The Balaban J connectivity index is 1.46. The van der Waals surface area contributed by atoms with Gasteiger partial charge in [0, 0.05) is 48.2 Å². The van der Waals surface area contributed by atoms with Gasteiger partial charge in [-0.1, -0.05) is 0 Å². The van der Waals surface area contributed by atoms with E-state index < -0.39 is 0 Å². The van der Waals surface area contributed by atoms with Crippen LogP contribution in [0.15, 0.2) is 29.3 Å². The summed E-state index contributed by atoms with van der Waals surface area (Å²) in [6, 6.07) is 3.58. The van der Waals surface area contributed by atoms with E-state index in [1.165, 1.54) is 0 Å². The van der Waals surface area contributed by atoms with Gasteiger partial charge in [0.1, 0.15) is 11.6 Å². The minimum absolute atomic E-state index is 0.130. The summed E-state index contributed by atoms with van der Waals surface area (Å²) < 4.78 is 1.73. The first-order valence-electron chi connectivity index (χ1n) is 9.37. The van der Waals surface area contributed by atoms with Crippen LogP contribution in [-0.2, 0) is 31.1 Å². The van der Waals surface area contributed by atoms with E-state index in [1.807, 2.05) is 7.05 Å². The van der Waals surface area contributed by atoms with Gasteiger partial charge < -0.3 is 10.3 Å². The molecule has 3 aromatic rings. The third kappa shape index (κ3) is 3.45. The molecule has 0 fully saturated rings. The van der Waals surface area contributed by atoms with Gasteiger partial charge in [-0.25, -0.2) is 4.98 Å². The highest BCUT2D eigenvalue weighted by Gasteiger charge is 2.22. The summed E-state index contributed by atoms with van der Waals surface area (Å²) in [7, 11) is 1.84. The lowest BCUT2D eigenvalue weighted by Crippen LogP contribution is -2.21. The molecule has 8 heteroatoms. The van der Waals surface area contributed by atoms with Gasteiger partial charge in [-0.2, -0.15) is 5.10 Å². The van der Waals surface area contributed by atoms with Gasteiger partial charge in [-0.3, -0.25) is 19.3 Å². The molecule has 3 aromatic heterocycles. The average molecular weight is 378 g/mol. The van der Waals surface area contributed by atoms with Crippen molar-refractivity contribution in [2.45, 2.75) is 39.0 Å². The van der Waals surface area contributed by atoms with Crippen LogP contribution >= 0.6 is 0 Å². The SMILES string of the molecule is Cc1nc(-c2ccncc2)[nH]c(=O)c1CCC(=O)Nc1c2c(nn1C)CCC2. The number of hydrogen-bond donors (Lipinski definition) is 2. The summed E-state index contributed by atoms with van der Waals surface area (Å²) in [4.78, 5) is 36.2. The molecule has 0 aromatic carbocycles. The Hall–Kier alpha value is -3.29. The van der Waals surface area contributed by atoms with E-state index in [4.69, 9.17) is 0 Å². The summed E-state index contributed by atoms with van der Waals surface area (Å²) in [5.74, 6) is 1.15. The number of carbonyl (C=O) groups is 1. The van der Waals surface area contributed by atoms with Crippen molar-refractivity contribution in [3.8, 4) is 11.4 Å². The van der Waals surface area contributed by atoms with Gasteiger partial charge in [0.25, 0.3) is 5.56 Å². The van der Waals surface area contributed by atoms with E-state index >= 15 is 0 Å². The molecule has 3 heterocycles. The van der Waals surface area contributed by atoms with Crippen LogP contribution in [0, 0.1) is 6.92 Å². The van der Waals surface area contributed by atoms with Crippen molar-refractivity contribution in [1.29, 1.82) is 0 Å². The first-order valence-corrected chi connectivity index (χ1v) is 9.37. The molecular weight excluding hydrogens is 356 g/mol. The molecule has 0 atom stereocenters. The summed E-state index contributed by atoms with van der Waals surface area (Å²) in [5.41, 5.74) is 3.94. The molecule has 0 saturated heterocycles. The largest absolute Gasteiger partial charge is 0.311 e. The molecule has 2 N–H and O–H groups in total. The Morgan fingerprint density at radius 3 is 2.82 bits per heavy atom. The molecule has 0 radical (unpaired) electrons. The number of pyridine rings is 1. The van der Waals surface area contributed by atoms with Gasteiger partial charge >= 0.3 is 0 Å². The minimum atomic E-state index is -0.214. The Kier molecular flexibility index (Phi) is 4.77. The van der Waals surface area contributed by atoms with E-state index in [0.717, 1.165) is 41.9 Å². The molecule has 4 rings (SSSR count). The van der Waals surface area contributed by atoms with Crippen LogP contribution in [0.3, 0.4) is 0 Å². The number of aromatic nitrogens is 5. The number of H-pyrrole nitrogens is 1. The zero-order valence-corrected chi connectivity index (χ0v) is 16.0. The minimum Gasteiger partial charge on any atom is -0.311 e. The molecule has 0 aliphatic heterocycles. The molecule has 0 spiro atoms. The fourth-order valence-corrected chi connectivity index (χ4v) is 3.66. The zero-order valence-electron chi connectivity index (χ0n) is 16.0. The fourth-order valence-electron chi connectivity index (χ4n) is 3.66. The van der Waals surface area contributed by atoms with Crippen molar-refractivity contribution >= 4 is 11.7 Å². The lowest BCUT2D eigenvalue weighted by molar-refractivity contribution is -0.116. The number of aryl methyl sites for hydroxylation is 3. The van der Waals surface area contributed by atoms with Crippen molar-refractivity contribution in [3.05, 3.63) is 57.4 Å². The molecule has 8 nitrogen and oxygen atoms in total. The van der Waals surface area contributed by atoms with E-state index in [9.17, 15) is 9.59 Å². The van der Waals surface area contributed by atoms with Crippen molar-refractivity contribution < 1.29 is 4.79 Å². The third-order valence-corrected chi connectivity index (χ3v) is 5.10. The molecular formula is C20H22N6O2. The maximum atomic E-state index is 12.5. The number of carbonyl (C=O) groups excluding carboxylic acids is 1. The second-order valence-corrected chi connectivity index (χ2v) is 7.01. The molecule has 1 amide bonds. The normalized spacial score (nSPS) is 12.8. The fraction of sp³-hybridized carbons (Fsp3) is 0.350. The Morgan fingerprint density at radius 2 is 2.07 bits per heavy atom. The number of aromatic amines is 1. The number of amides is 1. The Bertz CT molecular complexity index is 1080. The predicted molar refractivity (Wildman–Crippen MR) is 105 cm³/mol. The number of anilines is 1. The average Bonchev–Trinajstić information content (AvgIpc) is 3.24. The van der Waals surface area contributed by atoms with Crippen LogP contribution in [0.4, 0.5) is 5.82 Å². The monoisotopic (exact) mass is 378 g/mol. The van der Waals surface area contributed by atoms with Gasteiger partial charge in [-0.05, 0) is 44.7 Å². The van der Waals surface area contributed by atoms with Gasteiger partial charge in [0.2, 0.25) is 5.91 Å². The first-order chi connectivity index (χ1) is 13.5. The van der Waals surface area contributed by atoms with Crippen LogP contribution in [0.2, 0.25) is 0 Å². The second-order valence-electron chi connectivity index (χ2n) is 7.01. The topological polar surface area (TPSA) is 106 Å². The first kappa shape index (κ1) is 18.1. The molecule has 1 aliphatic rings. The van der Waals surface area contributed by atoms with Crippen LogP contribution in [0.5, 0.6) is 0 Å². The van der Waals surface area contributed by atoms with Crippen molar-refractivity contribution in [1.82, 2.24) is 24.7 Å². The number of nitrogens with one attached hydrogen (secondary N) is 2. The molecule has 1 aliphatic carbocycles. The highest BCUT2D eigenvalue weighted by Crippen LogP contribution is 2.28. The third-order valence-electron chi connectivity index (χ3n) is 5.10. The lowest BCUT2D eigenvalue weighted by atomic mass is 10.1. The van der Waals surface area contributed by atoms with Crippen LogP contribution in [-0.4, -0.2) is 30.6 Å². The summed E-state index contributed by atoms with van der Waals surface area (Å²) in [6.45, 7) is 1.79. The maximum absolute atomic E-state index is 12.5. The number of nitrogens with zero attached hydrogens (tertiary/aromatic N) is 4. The molecule has 0 bridgehead atoms. The maximum Gasteiger partial charge on any atom is 0.254 e. The summed E-state index contributed by atoms with van der Waals surface area (Å²) >= 11 is 0. The van der Waals surface area contributed by atoms with Crippen LogP contribution in [0.25, 0.3) is 11.4 Å². The number of fused-ring (bicyclic) bond motifs is 1. The van der Waals surface area contributed by atoms with E-state index in [2.05, 4.69) is 25.4 Å². The highest BCUT2D eigenvalue weighted by molar-refractivity contribution is 5.91. The van der Waals surface area contributed by atoms with E-state index in [1.54, 1.807) is 36.1 Å². The molecule has 0 saturated carbocycles. The standard InChI is InChI=1S/C20H22N6O2/c1-12-14(20(28)24-18(22-12)13-8-10-21-11-9-13)6-7-17(27)23-19-15-4-3-5-16(15)25-26(19)2/h8-11H,3-7H2,1-2H3,(H,23,27)(H,22,24,28).